The topological polar surface area (TPSA) is 46.9 Å². The zero-order chi connectivity index (χ0) is 12.6. The molecule has 94 valence electrons. The molecule has 1 N–H and O–H groups in total. The fourth-order valence-electron chi connectivity index (χ4n) is 1.67. The Morgan fingerprint density at radius 1 is 1.59 bits per heavy atom. The van der Waals surface area contributed by atoms with Gasteiger partial charge in [0, 0.05) is 12.1 Å². The first-order chi connectivity index (χ1) is 7.91. The highest BCUT2D eigenvalue weighted by Gasteiger charge is 2.37. The zero-order valence-corrected chi connectivity index (χ0v) is 12.0. The molecule has 0 amide bonds. The molecule has 0 bridgehead atoms. The summed E-state index contributed by atoms with van der Waals surface area (Å²) in [5.74, 6) is 0.409. The molecule has 1 aromatic heterocycles. The van der Waals surface area contributed by atoms with Crippen molar-refractivity contribution in [1.29, 1.82) is 0 Å². The first-order valence-corrected chi connectivity index (χ1v) is 6.74. The molecule has 1 aliphatic rings. The number of hydrogen-bond acceptors (Lipinski definition) is 3. The minimum atomic E-state index is -0.0621. The first kappa shape index (κ1) is 12.6. The molecule has 0 radical (unpaired) electrons. The lowest BCUT2D eigenvalue weighted by Gasteiger charge is -2.15. The van der Waals surface area contributed by atoms with Gasteiger partial charge in [0.1, 0.15) is 4.47 Å². The van der Waals surface area contributed by atoms with E-state index in [2.05, 4.69) is 47.1 Å². The van der Waals surface area contributed by atoms with Crippen molar-refractivity contribution in [2.75, 3.05) is 5.32 Å². The Kier molecular flexibility index (Phi) is 3.30. The average Bonchev–Trinajstić information content (AvgIpc) is 2.96. The highest BCUT2D eigenvalue weighted by Crippen LogP contribution is 2.38. The van der Waals surface area contributed by atoms with E-state index in [4.69, 9.17) is 0 Å². The van der Waals surface area contributed by atoms with Gasteiger partial charge in [0.2, 0.25) is 0 Å². The van der Waals surface area contributed by atoms with Gasteiger partial charge in [0.25, 0.3) is 5.56 Å². The number of hydrogen-bond donors (Lipinski definition) is 1. The van der Waals surface area contributed by atoms with E-state index in [0.717, 1.165) is 18.5 Å². The van der Waals surface area contributed by atoms with Crippen LogP contribution in [-0.4, -0.2) is 15.3 Å². The maximum absolute atomic E-state index is 12.0. The summed E-state index contributed by atoms with van der Waals surface area (Å²) in [6.45, 7) is 6.94. The Morgan fingerprint density at radius 3 is 2.76 bits per heavy atom. The summed E-state index contributed by atoms with van der Waals surface area (Å²) in [7, 11) is 0. The second-order valence-electron chi connectivity index (χ2n) is 5.44. The predicted octanol–water partition coefficient (Wildman–Crippen LogP) is 2.63. The van der Waals surface area contributed by atoms with Crippen molar-refractivity contribution in [1.82, 2.24) is 9.78 Å². The normalized spacial score (nSPS) is 17.2. The molecule has 17 heavy (non-hydrogen) atoms. The standard InChI is InChI=1S/C12H18BrN3O/c1-8(2)7-16-11(17)10(13)9(6-14-16)15-12(3)4-5-12/h6,8,15H,4-5,7H2,1-3H3. The van der Waals surface area contributed by atoms with Crippen molar-refractivity contribution in [2.24, 2.45) is 5.92 Å². The monoisotopic (exact) mass is 299 g/mol. The molecular formula is C12H18BrN3O. The van der Waals surface area contributed by atoms with Crippen molar-refractivity contribution in [3.05, 3.63) is 21.0 Å². The van der Waals surface area contributed by atoms with Gasteiger partial charge in [-0.15, -0.1) is 0 Å². The van der Waals surface area contributed by atoms with Gasteiger partial charge in [-0.3, -0.25) is 4.79 Å². The molecule has 1 aromatic rings. The Hall–Kier alpha value is -0.840. The third kappa shape index (κ3) is 2.89. The van der Waals surface area contributed by atoms with Crippen LogP contribution in [0.4, 0.5) is 5.69 Å². The minimum Gasteiger partial charge on any atom is -0.378 e. The molecule has 1 fully saturated rings. The Bertz CT molecular complexity index is 477. The van der Waals surface area contributed by atoms with Crippen LogP contribution in [0.5, 0.6) is 0 Å². The lowest BCUT2D eigenvalue weighted by Crippen LogP contribution is -2.28. The number of nitrogens with one attached hydrogen (secondary N) is 1. The molecule has 5 heteroatoms. The molecule has 2 rings (SSSR count). The fraction of sp³-hybridized carbons (Fsp3) is 0.667. The summed E-state index contributed by atoms with van der Waals surface area (Å²) >= 11 is 3.37. The molecule has 4 nitrogen and oxygen atoms in total. The molecule has 0 unspecified atom stereocenters. The molecule has 0 aromatic carbocycles. The molecular weight excluding hydrogens is 282 g/mol. The molecule has 1 aliphatic carbocycles. The molecule has 0 saturated heterocycles. The quantitative estimate of drug-likeness (QED) is 0.930. The summed E-state index contributed by atoms with van der Waals surface area (Å²) in [5, 5.41) is 7.56. The van der Waals surface area contributed by atoms with Gasteiger partial charge in [0.05, 0.1) is 11.9 Å². The first-order valence-electron chi connectivity index (χ1n) is 5.95. The van der Waals surface area contributed by atoms with Crippen LogP contribution in [0.3, 0.4) is 0 Å². The van der Waals surface area contributed by atoms with Crippen LogP contribution in [0.25, 0.3) is 0 Å². The molecule has 0 spiro atoms. The second kappa shape index (κ2) is 4.44. The van der Waals surface area contributed by atoms with Gasteiger partial charge in [-0.1, -0.05) is 13.8 Å². The Morgan fingerprint density at radius 2 is 2.24 bits per heavy atom. The van der Waals surface area contributed by atoms with Gasteiger partial charge in [-0.25, -0.2) is 4.68 Å². The highest BCUT2D eigenvalue weighted by molar-refractivity contribution is 9.10. The van der Waals surface area contributed by atoms with Crippen molar-refractivity contribution >= 4 is 21.6 Å². The van der Waals surface area contributed by atoms with Gasteiger partial charge in [-0.2, -0.15) is 5.10 Å². The maximum atomic E-state index is 12.0. The SMILES string of the molecule is CC(C)Cn1ncc(NC2(C)CC2)c(Br)c1=O. The molecule has 1 heterocycles. The largest absolute Gasteiger partial charge is 0.378 e. The zero-order valence-electron chi connectivity index (χ0n) is 10.5. The van der Waals surface area contributed by atoms with E-state index in [1.54, 1.807) is 6.20 Å². The van der Waals surface area contributed by atoms with Crippen LogP contribution in [-0.2, 0) is 6.54 Å². The maximum Gasteiger partial charge on any atom is 0.283 e. The summed E-state index contributed by atoms with van der Waals surface area (Å²) in [6.07, 6.45) is 4.03. The summed E-state index contributed by atoms with van der Waals surface area (Å²) < 4.78 is 2.09. The smallest absolute Gasteiger partial charge is 0.283 e. The lowest BCUT2D eigenvalue weighted by atomic mass is 10.2. The van der Waals surface area contributed by atoms with Crippen LogP contribution in [0, 0.1) is 5.92 Å². The number of rotatable bonds is 4. The van der Waals surface area contributed by atoms with Crippen molar-refractivity contribution in [3.63, 3.8) is 0 Å². The van der Waals surface area contributed by atoms with Crippen LogP contribution in [0.2, 0.25) is 0 Å². The summed E-state index contributed by atoms with van der Waals surface area (Å²) in [6, 6.07) is 0. The van der Waals surface area contributed by atoms with Crippen LogP contribution in [0.1, 0.15) is 33.6 Å². The van der Waals surface area contributed by atoms with Gasteiger partial charge in [-0.05, 0) is 41.6 Å². The minimum absolute atomic E-state index is 0.0621. The number of aromatic nitrogens is 2. The van der Waals surface area contributed by atoms with E-state index in [-0.39, 0.29) is 11.1 Å². The van der Waals surface area contributed by atoms with E-state index in [1.807, 2.05) is 0 Å². The van der Waals surface area contributed by atoms with E-state index >= 15 is 0 Å². The van der Waals surface area contributed by atoms with Crippen molar-refractivity contribution in [2.45, 2.75) is 45.7 Å². The molecule has 0 aliphatic heterocycles. The number of halogens is 1. The highest BCUT2D eigenvalue weighted by atomic mass is 79.9. The van der Waals surface area contributed by atoms with Gasteiger partial charge >= 0.3 is 0 Å². The fourth-order valence-corrected chi connectivity index (χ4v) is 2.07. The van der Waals surface area contributed by atoms with Crippen LogP contribution in [0.15, 0.2) is 15.5 Å². The van der Waals surface area contributed by atoms with E-state index in [0.29, 0.717) is 16.9 Å². The third-order valence-electron chi connectivity index (χ3n) is 2.96. The third-order valence-corrected chi connectivity index (χ3v) is 3.73. The Labute approximate surface area is 110 Å². The van der Waals surface area contributed by atoms with Crippen LogP contribution >= 0.6 is 15.9 Å². The van der Waals surface area contributed by atoms with E-state index in [1.165, 1.54) is 4.68 Å². The summed E-state index contributed by atoms with van der Waals surface area (Å²) in [4.78, 5) is 12.0. The van der Waals surface area contributed by atoms with E-state index < -0.39 is 0 Å². The summed E-state index contributed by atoms with van der Waals surface area (Å²) in [5.41, 5.74) is 0.892. The van der Waals surface area contributed by atoms with Crippen LogP contribution < -0.4 is 10.9 Å². The van der Waals surface area contributed by atoms with E-state index in [9.17, 15) is 4.79 Å². The lowest BCUT2D eigenvalue weighted by molar-refractivity contribution is 0.462. The number of nitrogens with zero attached hydrogens (tertiary/aromatic N) is 2. The second-order valence-corrected chi connectivity index (χ2v) is 6.23. The molecule has 1 saturated carbocycles. The predicted molar refractivity (Wildman–Crippen MR) is 72.3 cm³/mol. The Balaban J connectivity index is 2.26. The van der Waals surface area contributed by atoms with Gasteiger partial charge < -0.3 is 5.32 Å². The van der Waals surface area contributed by atoms with Crippen molar-refractivity contribution in [3.8, 4) is 0 Å². The van der Waals surface area contributed by atoms with Gasteiger partial charge in [0.15, 0.2) is 0 Å². The molecule has 0 atom stereocenters. The average molecular weight is 300 g/mol. The van der Waals surface area contributed by atoms with Crippen molar-refractivity contribution < 1.29 is 0 Å². The number of anilines is 1.